The van der Waals surface area contributed by atoms with Gasteiger partial charge in [-0.15, -0.1) is 0 Å². The minimum Gasteiger partial charge on any atom is -0.484 e. The SMILES string of the molecule is CC1(C)CN(C(=O)c2ccccc2F)C[C@@H]2CN(C(=O)COc3ccccc3)CCN21. The van der Waals surface area contributed by atoms with Crippen LogP contribution in [-0.4, -0.2) is 77.4 Å². The molecule has 2 amide bonds. The predicted molar refractivity (Wildman–Crippen MR) is 115 cm³/mol. The largest absolute Gasteiger partial charge is 0.484 e. The number of para-hydroxylation sites is 1. The van der Waals surface area contributed by atoms with Crippen LogP contribution in [0.15, 0.2) is 54.6 Å². The number of hydrogen-bond donors (Lipinski definition) is 0. The lowest BCUT2D eigenvalue weighted by atomic mass is 9.92. The second-order valence-corrected chi connectivity index (χ2v) is 8.77. The molecule has 1 atom stereocenters. The van der Waals surface area contributed by atoms with E-state index in [-0.39, 0.29) is 35.6 Å². The molecule has 0 spiro atoms. The van der Waals surface area contributed by atoms with Crippen molar-refractivity contribution in [2.24, 2.45) is 0 Å². The molecule has 6 nitrogen and oxygen atoms in total. The highest BCUT2D eigenvalue weighted by atomic mass is 19.1. The number of carbonyl (C=O) groups excluding carboxylic acids is 2. The molecule has 0 radical (unpaired) electrons. The van der Waals surface area contributed by atoms with Crippen LogP contribution in [0.2, 0.25) is 0 Å². The first-order chi connectivity index (χ1) is 14.8. The molecule has 0 bridgehead atoms. The van der Waals surface area contributed by atoms with E-state index in [2.05, 4.69) is 18.7 Å². The molecule has 7 heteroatoms. The van der Waals surface area contributed by atoms with Gasteiger partial charge < -0.3 is 14.5 Å². The van der Waals surface area contributed by atoms with Crippen molar-refractivity contribution >= 4 is 11.8 Å². The van der Waals surface area contributed by atoms with Gasteiger partial charge in [-0.3, -0.25) is 14.5 Å². The highest BCUT2D eigenvalue weighted by Gasteiger charge is 2.44. The van der Waals surface area contributed by atoms with Gasteiger partial charge in [-0.05, 0) is 38.1 Å². The summed E-state index contributed by atoms with van der Waals surface area (Å²) in [4.78, 5) is 31.6. The van der Waals surface area contributed by atoms with Crippen molar-refractivity contribution in [1.29, 1.82) is 0 Å². The van der Waals surface area contributed by atoms with Gasteiger partial charge in [0.05, 0.1) is 5.56 Å². The van der Waals surface area contributed by atoms with Crippen molar-refractivity contribution in [2.75, 3.05) is 39.3 Å². The van der Waals surface area contributed by atoms with E-state index in [1.165, 1.54) is 12.1 Å². The van der Waals surface area contributed by atoms with Gasteiger partial charge in [-0.1, -0.05) is 30.3 Å². The van der Waals surface area contributed by atoms with Gasteiger partial charge in [-0.2, -0.15) is 0 Å². The molecule has 2 aromatic rings. The third kappa shape index (κ3) is 4.56. The molecular formula is C24H28FN3O3. The highest BCUT2D eigenvalue weighted by molar-refractivity contribution is 5.94. The van der Waals surface area contributed by atoms with E-state index >= 15 is 0 Å². The standard InChI is InChI=1S/C24H28FN3O3/c1-24(2)17-27(23(30)20-10-6-7-11-21(20)25)15-18-14-26(12-13-28(18)24)22(29)16-31-19-8-4-3-5-9-19/h3-11,18H,12-17H2,1-2H3/t18-/m0/s1. The maximum Gasteiger partial charge on any atom is 0.260 e. The zero-order chi connectivity index (χ0) is 22.0. The smallest absolute Gasteiger partial charge is 0.260 e. The second-order valence-electron chi connectivity index (χ2n) is 8.77. The lowest BCUT2D eigenvalue weighted by Gasteiger charge is -2.55. The molecule has 0 aromatic heterocycles. The minimum atomic E-state index is -0.508. The first-order valence-electron chi connectivity index (χ1n) is 10.6. The Kier molecular flexibility index (Phi) is 5.96. The molecule has 0 aliphatic carbocycles. The summed E-state index contributed by atoms with van der Waals surface area (Å²) in [7, 11) is 0. The summed E-state index contributed by atoms with van der Waals surface area (Å²) in [5.74, 6) is -0.221. The van der Waals surface area contributed by atoms with Crippen molar-refractivity contribution in [3.8, 4) is 5.75 Å². The van der Waals surface area contributed by atoms with E-state index in [9.17, 15) is 14.0 Å². The van der Waals surface area contributed by atoms with E-state index in [4.69, 9.17) is 4.74 Å². The first kappa shape index (κ1) is 21.3. The fraction of sp³-hybridized carbons (Fsp3) is 0.417. The number of hydrogen-bond acceptors (Lipinski definition) is 4. The van der Waals surface area contributed by atoms with Crippen molar-refractivity contribution < 1.29 is 18.7 Å². The molecule has 0 saturated carbocycles. The highest BCUT2D eigenvalue weighted by Crippen LogP contribution is 2.29. The van der Waals surface area contributed by atoms with Gasteiger partial charge in [0.2, 0.25) is 0 Å². The van der Waals surface area contributed by atoms with Crippen LogP contribution in [0.4, 0.5) is 4.39 Å². The van der Waals surface area contributed by atoms with Crippen LogP contribution in [0, 0.1) is 5.82 Å². The summed E-state index contributed by atoms with van der Waals surface area (Å²) in [6.07, 6.45) is 0. The summed E-state index contributed by atoms with van der Waals surface area (Å²) >= 11 is 0. The molecule has 2 saturated heterocycles. The van der Waals surface area contributed by atoms with Crippen LogP contribution in [0.5, 0.6) is 5.75 Å². The number of ether oxygens (including phenoxy) is 1. The van der Waals surface area contributed by atoms with Crippen LogP contribution in [-0.2, 0) is 4.79 Å². The quantitative estimate of drug-likeness (QED) is 0.756. The Hall–Kier alpha value is -2.93. The molecule has 0 unspecified atom stereocenters. The number of piperazine rings is 2. The number of carbonyl (C=O) groups is 2. The molecule has 31 heavy (non-hydrogen) atoms. The van der Waals surface area contributed by atoms with Gasteiger partial charge in [0, 0.05) is 44.3 Å². The lowest BCUT2D eigenvalue weighted by Crippen LogP contribution is -2.70. The summed E-state index contributed by atoms with van der Waals surface area (Å²) in [6.45, 7) is 7.02. The first-order valence-corrected chi connectivity index (χ1v) is 10.6. The Bertz CT molecular complexity index is 950. The van der Waals surface area contributed by atoms with Crippen LogP contribution in [0.25, 0.3) is 0 Å². The number of amides is 2. The topological polar surface area (TPSA) is 53.1 Å². The molecule has 2 aliphatic rings. The van der Waals surface area contributed by atoms with Crippen molar-refractivity contribution in [1.82, 2.24) is 14.7 Å². The monoisotopic (exact) mass is 425 g/mol. The van der Waals surface area contributed by atoms with E-state index in [0.29, 0.717) is 31.9 Å². The minimum absolute atomic E-state index is 0.00565. The fourth-order valence-corrected chi connectivity index (χ4v) is 4.62. The van der Waals surface area contributed by atoms with Crippen molar-refractivity contribution in [3.05, 3.63) is 66.0 Å². The fourth-order valence-electron chi connectivity index (χ4n) is 4.62. The van der Waals surface area contributed by atoms with Crippen LogP contribution in [0.1, 0.15) is 24.2 Å². The Balaban J connectivity index is 1.43. The van der Waals surface area contributed by atoms with Gasteiger partial charge in [0.25, 0.3) is 11.8 Å². The van der Waals surface area contributed by atoms with Gasteiger partial charge in [-0.25, -0.2) is 4.39 Å². The molecule has 2 fully saturated rings. The number of rotatable bonds is 4. The zero-order valence-electron chi connectivity index (χ0n) is 18.0. The summed E-state index contributed by atoms with van der Waals surface area (Å²) < 4.78 is 19.8. The van der Waals surface area contributed by atoms with Gasteiger partial charge in [0.1, 0.15) is 11.6 Å². The van der Waals surface area contributed by atoms with Crippen molar-refractivity contribution in [2.45, 2.75) is 25.4 Å². The Labute approximate surface area is 182 Å². The second kappa shape index (κ2) is 8.67. The average Bonchev–Trinajstić information content (AvgIpc) is 2.77. The predicted octanol–water partition coefficient (Wildman–Crippen LogP) is 2.65. The normalized spacial score (nSPS) is 20.8. The Morgan fingerprint density at radius 1 is 1.00 bits per heavy atom. The Morgan fingerprint density at radius 3 is 2.42 bits per heavy atom. The van der Waals surface area contributed by atoms with Crippen LogP contribution >= 0.6 is 0 Å². The summed E-state index contributed by atoms with van der Waals surface area (Å²) in [6, 6.07) is 15.3. The maximum absolute atomic E-state index is 14.2. The number of halogens is 1. The van der Waals surface area contributed by atoms with E-state index in [0.717, 1.165) is 6.54 Å². The van der Waals surface area contributed by atoms with Gasteiger partial charge >= 0.3 is 0 Å². The molecule has 2 aromatic carbocycles. The summed E-state index contributed by atoms with van der Waals surface area (Å²) in [5.41, 5.74) is -0.175. The van der Waals surface area contributed by atoms with Crippen LogP contribution in [0.3, 0.4) is 0 Å². The molecule has 2 heterocycles. The maximum atomic E-state index is 14.2. The van der Waals surface area contributed by atoms with Crippen molar-refractivity contribution in [3.63, 3.8) is 0 Å². The van der Waals surface area contributed by atoms with E-state index in [1.807, 2.05) is 30.3 Å². The third-order valence-electron chi connectivity index (χ3n) is 6.12. The Morgan fingerprint density at radius 2 is 1.68 bits per heavy atom. The van der Waals surface area contributed by atoms with E-state index < -0.39 is 5.82 Å². The number of nitrogens with zero attached hydrogens (tertiary/aromatic N) is 3. The number of fused-ring (bicyclic) bond motifs is 1. The molecule has 2 aliphatic heterocycles. The van der Waals surface area contributed by atoms with Gasteiger partial charge in [0.15, 0.2) is 6.61 Å². The zero-order valence-corrected chi connectivity index (χ0v) is 18.0. The molecular weight excluding hydrogens is 397 g/mol. The third-order valence-corrected chi connectivity index (χ3v) is 6.12. The molecule has 164 valence electrons. The lowest BCUT2D eigenvalue weighted by molar-refractivity contribution is -0.140. The summed E-state index contributed by atoms with van der Waals surface area (Å²) in [5, 5.41) is 0. The molecule has 4 rings (SSSR count). The van der Waals surface area contributed by atoms with E-state index in [1.54, 1.807) is 21.9 Å². The van der Waals surface area contributed by atoms with Crippen LogP contribution < -0.4 is 4.74 Å². The number of benzene rings is 2. The average molecular weight is 426 g/mol. The molecule has 0 N–H and O–H groups in total.